The molecule has 0 unspecified atom stereocenters. The molecule has 0 spiro atoms. The highest BCUT2D eigenvalue weighted by Crippen LogP contribution is 2.27. The number of hydrogen-bond donors (Lipinski definition) is 1. The summed E-state index contributed by atoms with van der Waals surface area (Å²) in [5.41, 5.74) is 1.93. The van der Waals surface area contributed by atoms with E-state index >= 15 is 0 Å². The molecule has 0 radical (unpaired) electrons. The van der Waals surface area contributed by atoms with Gasteiger partial charge in [-0.1, -0.05) is 17.7 Å². The molecule has 0 bridgehead atoms. The molecule has 1 fully saturated rings. The Morgan fingerprint density at radius 2 is 1.90 bits per heavy atom. The summed E-state index contributed by atoms with van der Waals surface area (Å²) < 4.78 is 27.2. The minimum Gasteiger partial charge on any atom is -0.320 e. The van der Waals surface area contributed by atoms with Crippen LogP contribution in [0.25, 0.3) is 0 Å². The van der Waals surface area contributed by atoms with Crippen LogP contribution in [0.15, 0.2) is 23.1 Å². The monoisotopic (exact) mass is 310 g/mol. The van der Waals surface area contributed by atoms with Crippen molar-refractivity contribution < 1.29 is 8.42 Å². The fourth-order valence-electron chi connectivity index (χ4n) is 3.01. The zero-order valence-corrected chi connectivity index (χ0v) is 14.0. The van der Waals surface area contributed by atoms with Gasteiger partial charge < -0.3 is 5.32 Å². The fourth-order valence-corrected chi connectivity index (χ4v) is 4.69. The van der Waals surface area contributed by atoms with Gasteiger partial charge in [0.15, 0.2) is 0 Å². The van der Waals surface area contributed by atoms with Gasteiger partial charge in [-0.05, 0) is 64.3 Å². The van der Waals surface area contributed by atoms with Gasteiger partial charge in [0.2, 0.25) is 10.0 Å². The first kappa shape index (κ1) is 16.5. The van der Waals surface area contributed by atoms with Crippen molar-refractivity contribution in [1.29, 1.82) is 0 Å². The molecule has 21 heavy (non-hydrogen) atoms. The third kappa shape index (κ3) is 3.84. The quantitative estimate of drug-likeness (QED) is 0.908. The molecule has 1 saturated heterocycles. The summed E-state index contributed by atoms with van der Waals surface area (Å²) in [4.78, 5) is 0.460. The molecule has 4 nitrogen and oxygen atoms in total. The summed E-state index contributed by atoms with van der Waals surface area (Å²) in [7, 11) is -1.38. The van der Waals surface area contributed by atoms with Gasteiger partial charge in [-0.15, -0.1) is 0 Å². The normalized spacial score (nSPS) is 18.0. The van der Waals surface area contributed by atoms with Gasteiger partial charge in [0, 0.05) is 13.1 Å². The average Bonchev–Trinajstić information content (AvgIpc) is 2.45. The molecule has 2 rings (SSSR count). The van der Waals surface area contributed by atoms with Crippen LogP contribution < -0.4 is 5.32 Å². The summed E-state index contributed by atoms with van der Waals surface area (Å²) in [6, 6.07) is 5.55. The number of rotatable bonds is 5. The third-order valence-electron chi connectivity index (χ3n) is 4.32. The lowest BCUT2D eigenvalue weighted by molar-refractivity contribution is 0.263. The topological polar surface area (TPSA) is 49.4 Å². The van der Waals surface area contributed by atoms with Gasteiger partial charge in [-0.25, -0.2) is 8.42 Å². The molecule has 1 aliphatic heterocycles. The van der Waals surface area contributed by atoms with Gasteiger partial charge in [0.05, 0.1) is 4.90 Å². The Kier molecular flexibility index (Phi) is 5.41. The molecular formula is C16H26N2O2S. The Morgan fingerprint density at radius 1 is 1.24 bits per heavy atom. The van der Waals surface area contributed by atoms with E-state index in [0.717, 1.165) is 36.9 Å². The Hall–Kier alpha value is -0.910. The van der Waals surface area contributed by atoms with E-state index in [1.165, 1.54) is 0 Å². The maximum Gasteiger partial charge on any atom is 0.243 e. The number of nitrogens with zero attached hydrogens (tertiary/aromatic N) is 1. The number of sulfonamides is 1. The van der Waals surface area contributed by atoms with Crippen LogP contribution in [0.2, 0.25) is 0 Å². The zero-order valence-electron chi connectivity index (χ0n) is 13.2. The number of nitrogens with one attached hydrogen (secondary N) is 1. The van der Waals surface area contributed by atoms with Crippen molar-refractivity contribution in [2.45, 2.75) is 38.0 Å². The van der Waals surface area contributed by atoms with Crippen molar-refractivity contribution in [2.24, 2.45) is 5.92 Å². The summed E-state index contributed by atoms with van der Waals surface area (Å²) >= 11 is 0. The lowest BCUT2D eigenvalue weighted by Crippen LogP contribution is -2.39. The van der Waals surface area contributed by atoms with E-state index in [-0.39, 0.29) is 0 Å². The Labute approximate surface area is 128 Å². The number of benzene rings is 1. The molecule has 1 aromatic rings. The van der Waals surface area contributed by atoms with E-state index in [4.69, 9.17) is 0 Å². The van der Waals surface area contributed by atoms with Crippen molar-refractivity contribution in [2.75, 3.05) is 26.7 Å². The van der Waals surface area contributed by atoms with Crippen LogP contribution in [-0.4, -0.2) is 39.4 Å². The summed E-state index contributed by atoms with van der Waals surface area (Å²) in [6.07, 6.45) is 3.06. The highest BCUT2D eigenvalue weighted by molar-refractivity contribution is 7.89. The third-order valence-corrected chi connectivity index (χ3v) is 6.38. The maximum atomic E-state index is 12.8. The molecule has 1 N–H and O–H groups in total. The van der Waals surface area contributed by atoms with Crippen molar-refractivity contribution in [3.8, 4) is 0 Å². The first-order valence-corrected chi connectivity index (χ1v) is 9.11. The summed E-state index contributed by atoms with van der Waals surface area (Å²) in [5.74, 6) is 0.642. The highest BCUT2D eigenvalue weighted by Gasteiger charge is 2.30. The highest BCUT2D eigenvalue weighted by atomic mass is 32.2. The molecule has 1 heterocycles. The van der Waals surface area contributed by atoms with Crippen LogP contribution >= 0.6 is 0 Å². The largest absolute Gasteiger partial charge is 0.320 e. The fraction of sp³-hybridized carbons (Fsp3) is 0.625. The lowest BCUT2D eigenvalue weighted by Gasteiger charge is -2.31. The van der Waals surface area contributed by atoms with Crippen LogP contribution in [0.5, 0.6) is 0 Å². The SMILES string of the molecule is CNCCC1CCN(S(=O)(=O)c2ccc(C)cc2C)CC1. The second-order valence-corrected chi connectivity index (χ2v) is 7.91. The van der Waals surface area contributed by atoms with Crippen molar-refractivity contribution in [1.82, 2.24) is 9.62 Å². The lowest BCUT2D eigenvalue weighted by atomic mass is 9.95. The molecule has 0 amide bonds. The van der Waals surface area contributed by atoms with Crippen LogP contribution in [-0.2, 0) is 10.0 Å². The van der Waals surface area contributed by atoms with Crippen molar-refractivity contribution in [3.63, 3.8) is 0 Å². The van der Waals surface area contributed by atoms with E-state index in [0.29, 0.717) is 23.9 Å². The summed E-state index contributed by atoms with van der Waals surface area (Å²) in [5, 5.41) is 3.16. The molecule has 0 aliphatic carbocycles. The second kappa shape index (κ2) is 6.90. The van der Waals surface area contributed by atoms with Crippen molar-refractivity contribution >= 4 is 10.0 Å². The molecule has 0 aromatic heterocycles. The second-order valence-electron chi connectivity index (χ2n) is 6.01. The van der Waals surface area contributed by atoms with E-state index in [2.05, 4.69) is 5.32 Å². The predicted molar refractivity (Wildman–Crippen MR) is 85.9 cm³/mol. The summed E-state index contributed by atoms with van der Waals surface area (Å²) in [6.45, 7) is 6.15. The van der Waals surface area contributed by atoms with Crippen molar-refractivity contribution in [3.05, 3.63) is 29.3 Å². The Bertz CT molecular complexity index is 576. The van der Waals surface area contributed by atoms with Gasteiger partial charge >= 0.3 is 0 Å². The van der Waals surface area contributed by atoms with E-state index < -0.39 is 10.0 Å². The van der Waals surface area contributed by atoms with Crippen LogP contribution in [0.4, 0.5) is 0 Å². The van der Waals surface area contributed by atoms with E-state index in [1.807, 2.05) is 33.0 Å². The average molecular weight is 310 g/mol. The standard InChI is InChI=1S/C16H26N2O2S/c1-13-4-5-16(14(2)12-13)21(19,20)18-10-7-15(8-11-18)6-9-17-3/h4-5,12,15,17H,6-11H2,1-3H3. The minimum absolute atomic E-state index is 0.460. The van der Waals surface area contributed by atoms with Gasteiger partial charge in [0.1, 0.15) is 0 Å². The Morgan fingerprint density at radius 3 is 2.48 bits per heavy atom. The molecule has 1 aromatic carbocycles. The van der Waals surface area contributed by atoms with Gasteiger partial charge in [-0.2, -0.15) is 4.31 Å². The Balaban J connectivity index is 2.08. The molecule has 118 valence electrons. The first-order valence-electron chi connectivity index (χ1n) is 7.67. The number of piperidine rings is 1. The molecule has 1 aliphatic rings. The van der Waals surface area contributed by atoms with Crippen LogP contribution in [0, 0.1) is 19.8 Å². The van der Waals surface area contributed by atoms with E-state index in [1.54, 1.807) is 10.4 Å². The van der Waals surface area contributed by atoms with Crippen LogP contribution in [0.1, 0.15) is 30.4 Å². The number of aryl methyl sites for hydroxylation is 2. The van der Waals surface area contributed by atoms with E-state index in [9.17, 15) is 8.42 Å². The molecule has 0 saturated carbocycles. The maximum absolute atomic E-state index is 12.8. The molecular weight excluding hydrogens is 284 g/mol. The minimum atomic E-state index is -3.34. The van der Waals surface area contributed by atoms with Crippen LogP contribution in [0.3, 0.4) is 0 Å². The number of hydrogen-bond acceptors (Lipinski definition) is 3. The van der Waals surface area contributed by atoms with Gasteiger partial charge in [0.25, 0.3) is 0 Å². The first-order chi connectivity index (χ1) is 9.95. The molecule has 0 atom stereocenters. The van der Waals surface area contributed by atoms with Gasteiger partial charge in [-0.3, -0.25) is 0 Å². The molecule has 5 heteroatoms. The smallest absolute Gasteiger partial charge is 0.243 e. The zero-order chi connectivity index (χ0) is 15.5. The predicted octanol–water partition coefficient (Wildman–Crippen LogP) is 2.31.